The van der Waals surface area contributed by atoms with Crippen LogP contribution in [0.15, 0.2) is 24.3 Å². The Labute approximate surface area is 142 Å². The maximum Gasteiger partial charge on any atom is 0.146 e. The van der Waals surface area contributed by atoms with Crippen molar-refractivity contribution in [3.8, 4) is 0 Å². The van der Waals surface area contributed by atoms with Gasteiger partial charge in [0.05, 0.1) is 9.26 Å². The van der Waals surface area contributed by atoms with Crippen LogP contribution >= 0.6 is 34.2 Å². The number of aromatic nitrogens is 2. The van der Waals surface area contributed by atoms with Gasteiger partial charge < -0.3 is 0 Å². The molecule has 1 aromatic carbocycles. The van der Waals surface area contributed by atoms with E-state index in [0.717, 1.165) is 22.1 Å². The molecule has 0 aliphatic heterocycles. The molecule has 110 valence electrons. The summed E-state index contributed by atoms with van der Waals surface area (Å²) >= 11 is 8.47. The number of nitrogens with zero attached hydrogens (tertiary/aromatic N) is 2. The predicted octanol–water partition coefficient (Wildman–Crippen LogP) is 5.12. The fraction of sp³-hybridized carbons (Fsp3) is 0.375. The lowest BCUT2D eigenvalue weighted by molar-refractivity contribution is 0.610. The molecule has 0 amide bonds. The van der Waals surface area contributed by atoms with Gasteiger partial charge in [0.25, 0.3) is 0 Å². The van der Waals surface area contributed by atoms with Gasteiger partial charge in [0.1, 0.15) is 16.8 Å². The van der Waals surface area contributed by atoms with E-state index >= 15 is 0 Å². The Kier molecular flexibility index (Phi) is 4.74. The second kappa shape index (κ2) is 6.57. The molecule has 1 aromatic heterocycles. The van der Waals surface area contributed by atoms with Crippen molar-refractivity contribution in [2.24, 2.45) is 0 Å². The van der Waals surface area contributed by atoms with Gasteiger partial charge in [-0.3, -0.25) is 0 Å². The Balaban J connectivity index is 1.94. The number of rotatable bonds is 3. The number of hydrogen-bond acceptors (Lipinski definition) is 2. The lowest BCUT2D eigenvalue weighted by Gasteiger charge is -2.13. The first-order chi connectivity index (χ1) is 10.1. The van der Waals surface area contributed by atoms with Gasteiger partial charge in [0.2, 0.25) is 0 Å². The summed E-state index contributed by atoms with van der Waals surface area (Å²) < 4.78 is 14.7. The lowest BCUT2D eigenvalue weighted by atomic mass is 10.0. The smallest absolute Gasteiger partial charge is 0.146 e. The lowest BCUT2D eigenvalue weighted by Crippen LogP contribution is -2.08. The first-order valence-electron chi connectivity index (χ1n) is 7.10. The molecular weight excluding hydrogens is 402 g/mol. The van der Waals surface area contributed by atoms with E-state index in [2.05, 4.69) is 32.6 Å². The van der Waals surface area contributed by atoms with E-state index in [4.69, 9.17) is 11.6 Å². The van der Waals surface area contributed by atoms with E-state index in [1.807, 2.05) is 6.07 Å². The molecule has 21 heavy (non-hydrogen) atoms. The molecule has 0 atom stereocenters. The normalized spacial score (nSPS) is 15.6. The molecule has 0 saturated heterocycles. The van der Waals surface area contributed by atoms with Gasteiger partial charge in [0.15, 0.2) is 0 Å². The van der Waals surface area contributed by atoms with Crippen LogP contribution in [-0.2, 0) is 6.42 Å². The van der Waals surface area contributed by atoms with Crippen LogP contribution in [0.4, 0.5) is 4.39 Å². The summed E-state index contributed by atoms with van der Waals surface area (Å²) in [5, 5.41) is 0.485. The van der Waals surface area contributed by atoms with Crippen LogP contribution < -0.4 is 0 Å². The van der Waals surface area contributed by atoms with Crippen molar-refractivity contribution in [1.29, 1.82) is 0 Å². The van der Waals surface area contributed by atoms with Crippen molar-refractivity contribution in [2.75, 3.05) is 0 Å². The fourth-order valence-corrected chi connectivity index (χ4v) is 3.72. The summed E-state index contributed by atoms with van der Waals surface area (Å²) in [5.41, 5.74) is 1.64. The molecular formula is C16H15ClFIN2. The van der Waals surface area contributed by atoms with Crippen molar-refractivity contribution in [3.63, 3.8) is 0 Å². The van der Waals surface area contributed by atoms with Crippen LogP contribution in [0.2, 0.25) is 5.15 Å². The van der Waals surface area contributed by atoms with Gasteiger partial charge in [0, 0.05) is 12.3 Å². The summed E-state index contributed by atoms with van der Waals surface area (Å²) in [6.45, 7) is 0. The average molecular weight is 417 g/mol. The Morgan fingerprint density at radius 3 is 2.62 bits per heavy atom. The molecule has 0 radical (unpaired) electrons. The van der Waals surface area contributed by atoms with E-state index < -0.39 is 0 Å². The van der Waals surface area contributed by atoms with Gasteiger partial charge in [-0.25, -0.2) is 14.4 Å². The molecule has 0 bridgehead atoms. The molecule has 5 heteroatoms. The maximum absolute atomic E-state index is 13.8. The minimum absolute atomic E-state index is 0.224. The van der Waals surface area contributed by atoms with Crippen LogP contribution in [0.3, 0.4) is 0 Å². The zero-order valence-electron chi connectivity index (χ0n) is 11.5. The molecule has 1 heterocycles. The third-order valence-electron chi connectivity index (χ3n) is 3.93. The van der Waals surface area contributed by atoms with Crippen molar-refractivity contribution < 1.29 is 4.39 Å². The largest absolute Gasteiger partial charge is 0.236 e. The highest BCUT2D eigenvalue weighted by atomic mass is 127. The minimum atomic E-state index is -0.224. The summed E-state index contributed by atoms with van der Waals surface area (Å²) in [6, 6.07) is 6.73. The highest BCUT2D eigenvalue weighted by molar-refractivity contribution is 14.1. The number of benzene rings is 1. The molecule has 2 aromatic rings. The van der Waals surface area contributed by atoms with Crippen LogP contribution in [-0.4, -0.2) is 9.97 Å². The summed E-state index contributed by atoms with van der Waals surface area (Å²) in [5.74, 6) is 0.849. The van der Waals surface area contributed by atoms with Crippen LogP contribution in [0.1, 0.15) is 48.7 Å². The maximum atomic E-state index is 13.8. The molecule has 1 saturated carbocycles. The molecule has 1 fully saturated rings. The number of halogens is 3. The second-order valence-corrected chi connectivity index (χ2v) is 6.82. The van der Waals surface area contributed by atoms with Crippen LogP contribution in [0.5, 0.6) is 0 Å². The van der Waals surface area contributed by atoms with Crippen molar-refractivity contribution in [3.05, 3.63) is 55.9 Å². The molecule has 3 rings (SSSR count). The fourth-order valence-electron chi connectivity index (χ4n) is 2.84. The third-order valence-corrected chi connectivity index (χ3v) is 5.59. The highest BCUT2D eigenvalue weighted by Crippen LogP contribution is 2.36. The van der Waals surface area contributed by atoms with Crippen LogP contribution in [0.25, 0.3) is 0 Å². The van der Waals surface area contributed by atoms with E-state index in [0.29, 0.717) is 28.9 Å². The quantitative estimate of drug-likeness (QED) is 0.512. The van der Waals surface area contributed by atoms with E-state index in [-0.39, 0.29) is 5.82 Å². The van der Waals surface area contributed by atoms with Crippen molar-refractivity contribution >= 4 is 34.2 Å². The Morgan fingerprint density at radius 1 is 1.19 bits per heavy atom. The Morgan fingerprint density at radius 2 is 1.90 bits per heavy atom. The summed E-state index contributed by atoms with van der Waals surface area (Å²) in [4.78, 5) is 9.00. The molecule has 0 unspecified atom stereocenters. The predicted molar refractivity (Wildman–Crippen MR) is 90.2 cm³/mol. The van der Waals surface area contributed by atoms with E-state index in [1.165, 1.54) is 18.9 Å². The molecule has 0 N–H and O–H groups in total. The Bertz CT molecular complexity index is 657. The zero-order chi connectivity index (χ0) is 14.8. The van der Waals surface area contributed by atoms with E-state index in [1.54, 1.807) is 12.1 Å². The van der Waals surface area contributed by atoms with Crippen molar-refractivity contribution in [1.82, 2.24) is 9.97 Å². The van der Waals surface area contributed by atoms with Gasteiger partial charge in [-0.05, 0) is 47.1 Å². The second-order valence-electron chi connectivity index (χ2n) is 5.38. The summed E-state index contributed by atoms with van der Waals surface area (Å²) in [7, 11) is 0. The average Bonchev–Trinajstić information content (AvgIpc) is 2.99. The molecule has 0 spiro atoms. The third kappa shape index (κ3) is 3.37. The first kappa shape index (κ1) is 15.2. The first-order valence-corrected chi connectivity index (χ1v) is 8.56. The SMILES string of the molecule is Fc1ccccc1Cc1nc(Cl)c(I)c(C2CCCC2)n1. The summed E-state index contributed by atoms with van der Waals surface area (Å²) in [6.07, 6.45) is 5.17. The van der Waals surface area contributed by atoms with Gasteiger partial charge in [-0.2, -0.15) is 0 Å². The zero-order valence-corrected chi connectivity index (χ0v) is 14.4. The van der Waals surface area contributed by atoms with Crippen LogP contribution in [0, 0.1) is 9.39 Å². The standard InChI is InChI=1S/C16H15ClFIN2/c17-16-14(19)15(10-5-1-2-6-10)20-13(21-16)9-11-7-3-4-8-12(11)18/h3-4,7-8,10H,1-2,5-6,9H2. The topological polar surface area (TPSA) is 25.8 Å². The van der Waals surface area contributed by atoms with E-state index in [9.17, 15) is 4.39 Å². The highest BCUT2D eigenvalue weighted by Gasteiger charge is 2.23. The molecule has 1 aliphatic carbocycles. The molecule has 2 nitrogen and oxygen atoms in total. The van der Waals surface area contributed by atoms with Gasteiger partial charge in [-0.15, -0.1) is 0 Å². The van der Waals surface area contributed by atoms with Gasteiger partial charge in [-0.1, -0.05) is 42.6 Å². The van der Waals surface area contributed by atoms with Crippen molar-refractivity contribution in [2.45, 2.75) is 38.0 Å². The Hall–Kier alpha value is -0.750. The molecule has 1 aliphatic rings. The van der Waals surface area contributed by atoms with Gasteiger partial charge >= 0.3 is 0 Å². The number of hydrogen-bond donors (Lipinski definition) is 0. The monoisotopic (exact) mass is 416 g/mol. The minimum Gasteiger partial charge on any atom is -0.236 e.